The molecule has 2 aromatic carbocycles. The molecule has 182 valence electrons. The summed E-state index contributed by atoms with van der Waals surface area (Å²) in [5.41, 5.74) is 6.25. The van der Waals surface area contributed by atoms with Gasteiger partial charge in [0.05, 0.1) is 12.1 Å². The van der Waals surface area contributed by atoms with Crippen molar-refractivity contribution in [2.24, 2.45) is 7.05 Å². The van der Waals surface area contributed by atoms with E-state index in [1.807, 2.05) is 17.0 Å². The molecule has 34 heavy (non-hydrogen) atoms. The highest BCUT2D eigenvalue weighted by atomic mass is 19.1. The van der Waals surface area contributed by atoms with Crippen molar-refractivity contribution in [1.82, 2.24) is 14.4 Å². The van der Waals surface area contributed by atoms with Gasteiger partial charge in [-0.05, 0) is 54.8 Å². The number of hydrogen-bond donors (Lipinski definition) is 0. The van der Waals surface area contributed by atoms with Crippen molar-refractivity contribution in [3.63, 3.8) is 0 Å². The number of hydrogen-bond acceptors (Lipinski definition) is 3. The Morgan fingerprint density at radius 2 is 1.71 bits per heavy atom. The number of rotatable bonds is 5. The summed E-state index contributed by atoms with van der Waals surface area (Å²) in [4.78, 5) is 19.7. The monoisotopic (exact) mass is 464 g/mol. The number of carbonyl (C=O) groups excluding carboxylic acids is 1. The summed E-state index contributed by atoms with van der Waals surface area (Å²) in [6, 6.07) is 13.2. The summed E-state index contributed by atoms with van der Waals surface area (Å²) in [6.45, 7) is 8.35. The molecule has 3 aromatic rings. The third kappa shape index (κ3) is 4.75. The molecule has 0 saturated carbocycles. The van der Waals surface area contributed by atoms with E-state index < -0.39 is 0 Å². The minimum absolute atomic E-state index is 0. The van der Waals surface area contributed by atoms with Crippen LogP contribution in [-0.2, 0) is 31.1 Å². The van der Waals surface area contributed by atoms with Gasteiger partial charge in [-0.1, -0.05) is 32.5 Å². The Hall–Kier alpha value is -2.70. The fourth-order valence-corrected chi connectivity index (χ4v) is 5.41. The molecule has 3 heterocycles. The molecule has 0 spiro atoms. The smallest absolute Gasteiger partial charge is 0.241 e. The molecule has 1 fully saturated rings. The first kappa shape index (κ1) is 24.4. The quantitative estimate of drug-likeness (QED) is 0.565. The lowest BCUT2D eigenvalue weighted by Crippen LogP contribution is -2.50. The molecule has 0 aliphatic carbocycles. The molecule has 1 amide bonds. The van der Waals surface area contributed by atoms with Crippen molar-refractivity contribution in [2.45, 2.75) is 33.6 Å². The van der Waals surface area contributed by atoms with E-state index in [-0.39, 0.29) is 19.2 Å². The minimum Gasteiger partial charge on any atom is -0.347 e. The molecule has 5 rings (SSSR count). The van der Waals surface area contributed by atoms with Crippen LogP contribution in [0.15, 0.2) is 42.5 Å². The number of aryl methyl sites for hydroxylation is 1. The van der Waals surface area contributed by atoms with Crippen molar-refractivity contribution in [3.8, 4) is 0 Å². The van der Waals surface area contributed by atoms with Crippen LogP contribution in [0.2, 0.25) is 0 Å². The second-order valence-corrected chi connectivity index (χ2v) is 9.32. The molecule has 2 aliphatic heterocycles. The maximum absolute atomic E-state index is 13.1. The zero-order valence-corrected chi connectivity index (χ0v) is 19.7. The van der Waals surface area contributed by atoms with Crippen molar-refractivity contribution in [3.05, 3.63) is 65.1 Å². The Labute approximate surface area is 202 Å². The molecule has 0 atom stereocenters. The van der Waals surface area contributed by atoms with Crippen LogP contribution in [-0.4, -0.2) is 66.1 Å². The standard InChI is InChI=1S/C27H33FN4O.CH4/c1-3-30-14-11-24-23-9-8-22(18-26(23)29(2)25(24)12-15-30)32-17-16-31(19-27(32)33)13-10-20-4-6-21(28)7-5-20;/h4-9,18H,3,10-17,19H2,1-2H3;1H4. The SMILES string of the molecule is C.CCN1CCc2c(n(C)c3cc(N4CCN(CCc5ccc(F)cc5)CC4=O)ccc23)CC1. The summed E-state index contributed by atoms with van der Waals surface area (Å²) < 4.78 is 15.5. The van der Waals surface area contributed by atoms with E-state index in [1.54, 1.807) is 0 Å². The number of halogens is 1. The predicted octanol–water partition coefficient (Wildman–Crippen LogP) is 4.27. The fraction of sp³-hybridized carbons (Fsp3) is 0.464. The molecule has 1 aromatic heterocycles. The van der Waals surface area contributed by atoms with Gasteiger partial charge >= 0.3 is 0 Å². The normalized spacial score (nSPS) is 17.5. The highest BCUT2D eigenvalue weighted by molar-refractivity contribution is 5.98. The average molecular weight is 465 g/mol. The summed E-state index contributed by atoms with van der Waals surface area (Å²) in [6.07, 6.45) is 2.99. The summed E-state index contributed by atoms with van der Waals surface area (Å²) in [5.74, 6) is -0.0638. The van der Waals surface area contributed by atoms with E-state index >= 15 is 0 Å². The molecule has 0 unspecified atom stereocenters. The van der Waals surface area contributed by atoms with Gasteiger partial charge in [-0.15, -0.1) is 0 Å². The van der Waals surface area contributed by atoms with Crippen molar-refractivity contribution < 1.29 is 9.18 Å². The molecule has 0 N–H and O–H groups in total. The zero-order valence-electron chi connectivity index (χ0n) is 19.7. The molecule has 6 heteroatoms. The van der Waals surface area contributed by atoms with Crippen molar-refractivity contribution in [2.75, 3.05) is 50.7 Å². The number of fused-ring (bicyclic) bond motifs is 3. The largest absolute Gasteiger partial charge is 0.347 e. The zero-order chi connectivity index (χ0) is 22.9. The van der Waals surface area contributed by atoms with Crippen LogP contribution in [0.4, 0.5) is 10.1 Å². The van der Waals surface area contributed by atoms with E-state index in [0.717, 1.165) is 63.2 Å². The fourth-order valence-electron chi connectivity index (χ4n) is 5.41. The third-order valence-corrected chi connectivity index (χ3v) is 7.45. The molecule has 2 aliphatic rings. The lowest BCUT2D eigenvalue weighted by atomic mass is 10.1. The first-order valence-electron chi connectivity index (χ1n) is 12.1. The highest BCUT2D eigenvalue weighted by Crippen LogP contribution is 2.32. The van der Waals surface area contributed by atoms with Gasteiger partial charge in [-0.3, -0.25) is 9.69 Å². The van der Waals surface area contributed by atoms with Gasteiger partial charge in [-0.25, -0.2) is 4.39 Å². The number of benzene rings is 2. The second-order valence-electron chi connectivity index (χ2n) is 9.32. The molecular formula is C28H37FN4O. The number of amides is 1. The van der Waals surface area contributed by atoms with Crippen LogP contribution in [0.3, 0.4) is 0 Å². The number of anilines is 1. The maximum atomic E-state index is 13.1. The van der Waals surface area contributed by atoms with Gasteiger partial charge in [0.1, 0.15) is 5.82 Å². The van der Waals surface area contributed by atoms with Crippen LogP contribution >= 0.6 is 0 Å². The predicted molar refractivity (Wildman–Crippen MR) is 138 cm³/mol. The summed E-state index contributed by atoms with van der Waals surface area (Å²) in [5, 5.41) is 1.33. The number of carbonyl (C=O) groups is 1. The summed E-state index contributed by atoms with van der Waals surface area (Å²) >= 11 is 0. The molecule has 5 nitrogen and oxygen atoms in total. The van der Waals surface area contributed by atoms with Crippen LogP contribution in [0, 0.1) is 5.82 Å². The number of nitrogens with zero attached hydrogens (tertiary/aromatic N) is 4. The number of likely N-dealkylation sites (N-methyl/N-ethyl adjacent to an activating group) is 1. The van der Waals surface area contributed by atoms with E-state index in [2.05, 4.69) is 46.5 Å². The lowest BCUT2D eigenvalue weighted by molar-refractivity contribution is -0.121. The van der Waals surface area contributed by atoms with Gasteiger partial charge in [-0.2, -0.15) is 0 Å². The van der Waals surface area contributed by atoms with Crippen LogP contribution in [0.25, 0.3) is 10.9 Å². The van der Waals surface area contributed by atoms with E-state index in [9.17, 15) is 9.18 Å². The molecule has 0 radical (unpaired) electrons. The number of aromatic nitrogens is 1. The molecule has 1 saturated heterocycles. The Balaban J connectivity index is 0.00000274. The topological polar surface area (TPSA) is 31.7 Å². The van der Waals surface area contributed by atoms with E-state index in [4.69, 9.17) is 0 Å². The van der Waals surface area contributed by atoms with Gasteiger partial charge in [0.15, 0.2) is 0 Å². The maximum Gasteiger partial charge on any atom is 0.241 e. The first-order valence-corrected chi connectivity index (χ1v) is 12.1. The lowest BCUT2D eigenvalue weighted by Gasteiger charge is -2.34. The Morgan fingerprint density at radius 3 is 2.44 bits per heavy atom. The van der Waals surface area contributed by atoms with Gasteiger partial charge in [0.25, 0.3) is 0 Å². The molecule has 0 bridgehead atoms. The number of piperazine rings is 1. The highest BCUT2D eigenvalue weighted by Gasteiger charge is 2.26. The Kier molecular flexibility index (Phi) is 7.39. The third-order valence-electron chi connectivity index (χ3n) is 7.45. The second kappa shape index (κ2) is 10.3. The van der Waals surface area contributed by atoms with Gasteiger partial charge in [0, 0.05) is 63.0 Å². The van der Waals surface area contributed by atoms with Crippen molar-refractivity contribution >= 4 is 22.5 Å². The van der Waals surface area contributed by atoms with Crippen LogP contribution < -0.4 is 4.90 Å². The van der Waals surface area contributed by atoms with Crippen molar-refractivity contribution in [1.29, 1.82) is 0 Å². The van der Waals surface area contributed by atoms with E-state index in [1.165, 1.54) is 34.3 Å². The average Bonchev–Trinajstić information content (AvgIpc) is 2.97. The van der Waals surface area contributed by atoms with Gasteiger partial charge < -0.3 is 14.4 Å². The Bertz CT molecular complexity index is 1150. The Morgan fingerprint density at radius 1 is 0.941 bits per heavy atom. The minimum atomic E-state index is -0.211. The van der Waals surface area contributed by atoms with Crippen LogP contribution in [0.5, 0.6) is 0 Å². The molecular weight excluding hydrogens is 427 g/mol. The van der Waals surface area contributed by atoms with Crippen LogP contribution in [0.1, 0.15) is 31.2 Å². The van der Waals surface area contributed by atoms with E-state index in [0.29, 0.717) is 13.1 Å². The summed E-state index contributed by atoms with van der Waals surface area (Å²) in [7, 11) is 2.17. The van der Waals surface area contributed by atoms with Gasteiger partial charge in [0.2, 0.25) is 5.91 Å². The first-order chi connectivity index (χ1) is 16.0.